The summed E-state index contributed by atoms with van der Waals surface area (Å²) in [5.41, 5.74) is 1.08. The molecule has 0 spiro atoms. The molecule has 1 aromatic heterocycles. The second-order valence-corrected chi connectivity index (χ2v) is 6.21. The van der Waals surface area contributed by atoms with E-state index in [-0.39, 0.29) is 30.2 Å². The molecule has 2 amide bonds. The first-order valence-electron chi connectivity index (χ1n) is 8.40. The zero-order valence-electron chi connectivity index (χ0n) is 14.1. The topological polar surface area (TPSA) is 119 Å². The summed E-state index contributed by atoms with van der Waals surface area (Å²) < 4.78 is 1.19. The van der Waals surface area contributed by atoms with Crippen molar-refractivity contribution >= 4 is 23.3 Å². The molecule has 1 aliphatic rings. The number of carbonyl (C=O) groups is 2. The lowest BCUT2D eigenvalue weighted by molar-refractivity contribution is -0.389. The van der Waals surface area contributed by atoms with Crippen LogP contribution >= 0.6 is 0 Å². The highest BCUT2D eigenvalue weighted by atomic mass is 16.6. The molecule has 3 rings (SSSR count). The van der Waals surface area contributed by atoms with Gasteiger partial charge in [0.15, 0.2) is 0 Å². The fourth-order valence-corrected chi connectivity index (χ4v) is 2.93. The van der Waals surface area contributed by atoms with Crippen LogP contribution in [0.2, 0.25) is 0 Å². The summed E-state index contributed by atoms with van der Waals surface area (Å²) in [7, 11) is 0. The molecule has 136 valence electrons. The van der Waals surface area contributed by atoms with Gasteiger partial charge in [-0.1, -0.05) is 12.8 Å². The Morgan fingerprint density at radius 2 is 1.88 bits per heavy atom. The first kappa shape index (κ1) is 17.6. The summed E-state index contributed by atoms with van der Waals surface area (Å²) in [6.07, 6.45) is 5.70. The van der Waals surface area contributed by atoms with Crippen molar-refractivity contribution in [2.45, 2.75) is 38.3 Å². The summed E-state index contributed by atoms with van der Waals surface area (Å²) in [4.78, 5) is 34.1. The minimum absolute atomic E-state index is 0.112. The van der Waals surface area contributed by atoms with E-state index in [1.807, 2.05) is 0 Å². The van der Waals surface area contributed by atoms with Gasteiger partial charge < -0.3 is 20.7 Å². The molecule has 0 atom stereocenters. The molecule has 0 radical (unpaired) electrons. The van der Waals surface area contributed by atoms with Crippen LogP contribution in [0.1, 0.15) is 36.0 Å². The highest BCUT2D eigenvalue weighted by Gasteiger charge is 2.18. The van der Waals surface area contributed by atoms with Crippen LogP contribution in [0.5, 0.6) is 0 Å². The molecule has 2 N–H and O–H groups in total. The molecule has 1 heterocycles. The largest absolute Gasteiger partial charge is 0.389 e. The molecule has 1 fully saturated rings. The average Bonchev–Trinajstić information content (AvgIpc) is 3.27. The maximum absolute atomic E-state index is 12.2. The van der Waals surface area contributed by atoms with Crippen molar-refractivity contribution in [2.75, 3.05) is 5.32 Å². The Bertz CT molecular complexity index is 809. The Morgan fingerprint density at radius 1 is 1.19 bits per heavy atom. The van der Waals surface area contributed by atoms with E-state index in [0.29, 0.717) is 11.3 Å². The SMILES string of the molecule is O=C(Cn1ccc([N+](=O)[O-])n1)Nc1ccc(C(=O)NC2CCCC2)cc1. The Labute approximate surface area is 149 Å². The van der Waals surface area contributed by atoms with E-state index < -0.39 is 4.92 Å². The summed E-state index contributed by atoms with van der Waals surface area (Å²) >= 11 is 0. The lowest BCUT2D eigenvalue weighted by Crippen LogP contribution is -2.32. The Kier molecular flexibility index (Phi) is 5.26. The highest BCUT2D eigenvalue weighted by molar-refractivity contribution is 5.95. The maximum atomic E-state index is 12.2. The van der Waals surface area contributed by atoms with Gasteiger partial charge in [-0.05, 0) is 42.0 Å². The Hall–Kier alpha value is -3.23. The predicted octanol–water partition coefficient (Wildman–Crippen LogP) is 2.10. The van der Waals surface area contributed by atoms with Crippen LogP contribution in [0, 0.1) is 10.1 Å². The van der Waals surface area contributed by atoms with Crippen LogP contribution in [0.15, 0.2) is 36.5 Å². The number of anilines is 1. The van der Waals surface area contributed by atoms with Gasteiger partial charge in [0, 0.05) is 17.3 Å². The van der Waals surface area contributed by atoms with Gasteiger partial charge in [-0.15, -0.1) is 0 Å². The van der Waals surface area contributed by atoms with E-state index in [4.69, 9.17) is 0 Å². The van der Waals surface area contributed by atoms with Crippen molar-refractivity contribution in [1.29, 1.82) is 0 Å². The first-order valence-corrected chi connectivity index (χ1v) is 8.40. The highest BCUT2D eigenvalue weighted by Crippen LogP contribution is 2.18. The number of hydrogen-bond donors (Lipinski definition) is 2. The number of nitro groups is 1. The van der Waals surface area contributed by atoms with Gasteiger partial charge in [-0.3, -0.25) is 9.59 Å². The van der Waals surface area contributed by atoms with Gasteiger partial charge in [0.1, 0.15) is 6.54 Å². The van der Waals surface area contributed by atoms with Crippen LogP contribution in [0.4, 0.5) is 11.5 Å². The van der Waals surface area contributed by atoms with Gasteiger partial charge in [0.25, 0.3) is 5.91 Å². The Morgan fingerprint density at radius 3 is 2.50 bits per heavy atom. The second kappa shape index (κ2) is 7.77. The van der Waals surface area contributed by atoms with Crippen molar-refractivity contribution in [3.05, 3.63) is 52.2 Å². The average molecular weight is 357 g/mol. The van der Waals surface area contributed by atoms with Crippen LogP contribution < -0.4 is 10.6 Å². The lowest BCUT2D eigenvalue weighted by Gasteiger charge is -2.12. The molecule has 1 aromatic carbocycles. The number of nitrogens with one attached hydrogen (secondary N) is 2. The van der Waals surface area contributed by atoms with Crippen LogP contribution in [-0.2, 0) is 11.3 Å². The van der Waals surface area contributed by atoms with E-state index >= 15 is 0 Å². The number of nitrogens with zero attached hydrogens (tertiary/aromatic N) is 3. The quantitative estimate of drug-likeness (QED) is 0.606. The van der Waals surface area contributed by atoms with Gasteiger partial charge >= 0.3 is 5.82 Å². The second-order valence-electron chi connectivity index (χ2n) is 6.21. The number of carbonyl (C=O) groups excluding carboxylic acids is 2. The van der Waals surface area contributed by atoms with Crippen molar-refractivity contribution in [1.82, 2.24) is 15.1 Å². The molecule has 1 saturated carbocycles. The third kappa shape index (κ3) is 4.44. The molecule has 9 nitrogen and oxygen atoms in total. The Balaban J connectivity index is 1.53. The van der Waals surface area contributed by atoms with E-state index in [1.54, 1.807) is 24.3 Å². The van der Waals surface area contributed by atoms with E-state index in [2.05, 4.69) is 15.7 Å². The van der Waals surface area contributed by atoms with Gasteiger partial charge in [0.05, 0.1) is 17.4 Å². The van der Waals surface area contributed by atoms with Crippen molar-refractivity contribution in [3.8, 4) is 0 Å². The number of benzene rings is 1. The van der Waals surface area contributed by atoms with E-state index in [1.165, 1.54) is 16.9 Å². The predicted molar refractivity (Wildman–Crippen MR) is 93.7 cm³/mol. The zero-order chi connectivity index (χ0) is 18.5. The third-order valence-corrected chi connectivity index (χ3v) is 4.24. The van der Waals surface area contributed by atoms with Gasteiger partial charge in [-0.25, -0.2) is 0 Å². The van der Waals surface area contributed by atoms with E-state index in [0.717, 1.165) is 25.7 Å². The summed E-state index contributed by atoms with van der Waals surface area (Å²) in [6.45, 7) is -0.141. The third-order valence-electron chi connectivity index (χ3n) is 4.24. The fraction of sp³-hybridized carbons (Fsp3) is 0.353. The molecular weight excluding hydrogens is 338 g/mol. The smallest absolute Gasteiger partial charge is 0.358 e. The number of aromatic nitrogens is 2. The zero-order valence-corrected chi connectivity index (χ0v) is 14.1. The van der Waals surface area contributed by atoms with Crippen LogP contribution in [0.25, 0.3) is 0 Å². The van der Waals surface area contributed by atoms with Gasteiger partial charge in [-0.2, -0.15) is 4.68 Å². The molecule has 0 saturated heterocycles. The van der Waals surface area contributed by atoms with Crippen molar-refractivity contribution in [2.24, 2.45) is 0 Å². The van der Waals surface area contributed by atoms with E-state index in [9.17, 15) is 19.7 Å². The van der Waals surface area contributed by atoms with Crippen molar-refractivity contribution < 1.29 is 14.5 Å². The molecule has 1 aliphatic carbocycles. The minimum Gasteiger partial charge on any atom is -0.358 e. The summed E-state index contributed by atoms with van der Waals surface area (Å²) in [5, 5.41) is 19.9. The molecule has 0 bridgehead atoms. The number of hydrogen-bond acceptors (Lipinski definition) is 5. The fourth-order valence-electron chi connectivity index (χ4n) is 2.93. The molecule has 2 aromatic rings. The molecule has 0 aliphatic heterocycles. The maximum Gasteiger partial charge on any atom is 0.389 e. The first-order chi connectivity index (χ1) is 12.5. The number of amides is 2. The standard InChI is InChI=1S/C17H19N5O4/c23-16(11-21-10-9-15(20-21)22(25)26)18-14-7-5-12(6-8-14)17(24)19-13-3-1-2-4-13/h5-10,13H,1-4,11H2,(H,18,23)(H,19,24). The molecular formula is C17H19N5O4. The molecule has 0 unspecified atom stereocenters. The van der Waals surface area contributed by atoms with Crippen LogP contribution in [0.3, 0.4) is 0 Å². The monoisotopic (exact) mass is 357 g/mol. The normalized spacial score (nSPS) is 14.2. The summed E-state index contributed by atoms with van der Waals surface area (Å²) in [6, 6.07) is 8.07. The minimum atomic E-state index is -0.621. The van der Waals surface area contributed by atoms with Gasteiger partial charge in [0.2, 0.25) is 5.91 Å². The molecule has 26 heavy (non-hydrogen) atoms. The van der Waals surface area contributed by atoms with Crippen molar-refractivity contribution in [3.63, 3.8) is 0 Å². The van der Waals surface area contributed by atoms with Crippen LogP contribution in [-0.4, -0.2) is 32.6 Å². The lowest BCUT2D eigenvalue weighted by atomic mass is 10.1. The number of rotatable bonds is 6. The molecule has 9 heteroatoms. The summed E-state index contributed by atoms with van der Waals surface area (Å²) in [5.74, 6) is -0.791.